The summed E-state index contributed by atoms with van der Waals surface area (Å²) in [6.45, 7) is 0.729. The fraction of sp³-hybridized carbons (Fsp3) is 0.143. The molecule has 5 heteroatoms. The first kappa shape index (κ1) is 16.8. The van der Waals surface area contributed by atoms with Crippen LogP contribution in [0.3, 0.4) is 0 Å². The Morgan fingerprint density at radius 3 is 2.73 bits per heavy atom. The Kier molecular flexibility index (Phi) is 4.70. The Labute approximate surface area is 160 Å². The number of amides is 1. The lowest BCUT2D eigenvalue weighted by Crippen LogP contribution is -2.38. The number of hydrogen-bond acceptors (Lipinski definition) is 4. The summed E-state index contributed by atoms with van der Waals surface area (Å²) >= 11 is 3.47. The van der Waals surface area contributed by atoms with Gasteiger partial charge in [0.15, 0.2) is 0 Å². The second-order valence-electron chi connectivity index (χ2n) is 6.07. The predicted molar refractivity (Wildman–Crippen MR) is 106 cm³/mol. The molecule has 26 heavy (non-hydrogen) atoms. The molecule has 1 atom stereocenters. The first-order valence-electron chi connectivity index (χ1n) is 8.35. The fourth-order valence-corrected chi connectivity index (χ4v) is 5.00. The van der Waals surface area contributed by atoms with Crippen molar-refractivity contribution in [1.82, 2.24) is 4.90 Å². The van der Waals surface area contributed by atoms with Crippen LogP contribution in [0.2, 0.25) is 0 Å². The minimum Gasteiger partial charge on any atom is -0.327 e. The summed E-state index contributed by atoms with van der Waals surface area (Å²) < 4.78 is 0. The minimum atomic E-state index is 0.00288. The van der Waals surface area contributed by atoms with Gasteiger partial charge in [-0.25, -0.2) is 0 Å². The van der Waals surface area contributed by atoms with Crippen molar-refractivity contribution in [1.29, 1.82) is 5.26 Å². The van der Waals surface area contributed by atoms with Crippen molar-refractivity contribution in [3.63, 3.8) is 0 Å². The van der Waals surface area contributed by atoms with Crippen molar-refractivity contribution < 1.29 is 4.79 Å². The number of nitriles is 1. The average molecular weight is 377 g/mol. The van der Waals surface area contributed by atoms with Gasteiger partial charge in [0.2, 0.25) is 5.91 Å². The Bertz CT molecular complexity index is 978. The molecule has 1 unspecified atom stereocenters. The van der Waals surface area contributed by atoms with Crippen molar-refractivity contribution in [3.8, 4) is 6.07 Å². The molecule has 3 nitrogen and oxygen atoms in total. The standard InChI is InChI=1S/C21H16N2OS2/c22-14-16-5-3-15(4-6-16)7-8-20(24)23-11-9-18-17(10-13-26-18)21(23)19-2-1-12-25-19/h1-8,10,12-13,21H,9,11H2. The van der Waals surface area contributed by atoms with E-state index in [0.717, 1.165) is 18.5 Å². The van der Waals surface area contributed by atoms with E-state index in [4.69, 9.17) is 5.26 Å². The molecule has 0 aliphatic carbocycles. The Hall–Kier alpha value is -2.68. The van der Waals surface area contributed by atoms with E-state index >= 15 is 0 Å². The number of fused-ring (bicyclic) bond motifs is 1. The Balaban J connectivity index is 1.60. The van der Waals surface area contributed by atoms with Gasteiger partial charge in [-0.2, -0.15) is 5.26 Å². The summed E-state index contributed by atoms with van der Waals surface area (Å²) in [4.78, 5) is 17.5. The molecule has 0 bridgehead atoms. The van der Waals surface area contributed by atoms with Crippen LogP contribution in [-0.2, 0) is 11.2 Å². The highest BCUT2D eigenvalue weighted by Gasteiger charge is 2.32. The van der Waals surface area contributed by atoms with E-state index < -0.39 is 0 Å². The van der Waals surface area contributed by atoms with Crippen LogP contribution < -0.4 is 0 Å². The predicted octanol–water partition coefficient (Wildman–Crippen LogP) is 4.87. The molecule has 0 radical (unpaired) electrons. The number of carbonyl (C=O) groups excluding carboxylic acids is 1. The van der Waals surface area contributed by atoms with Gasteiger partial charge < -0.3 is 4.90 Å². The van der Waals surface area contributed by atoms with E-state index in [1.165, 1.54) is 15.3 Å². The summed E-state index contributed by atoms with van der Waals surface area (Å²) in [5.74, 6) is 0.0182. The maximum absolute atomic E-state index is 12.9. The summed E-state index contributed by atoms with van der Waals surface area (Å²) in [6, 6.07) is 15.6. The molecule has 4 rings (SSSR count). The zero-order chi connectivity index (χ0) is 17.9. The van der Waals surface area contributed by atoms with Crippen LogP contribution in [0.15, 0.2) is 59.3 Å². The van der Waals surface area contributed by atoms with Crippen LogP contribution in [0.5, 0.6) is 0 Å². The summed E-state index contributed by atoms with van der Waals surface area (Å²) in [6.07, 6.45) is 4.36. The van der Waals surface area contributed by atoms with Gasteiger partial charge in [-0.1, -0.05) is 18.2 Å². The van der Waals surface area contributed by atoms with Crippen molar-refractivity contribution >= 4 is 34.7 Å². The molecule has 1 amide bonds. The van der Waals surface area contributed by atoms with Crippen LogP contribution in [0.25, 0.3) is 6.08 Å². The van der Waals surface area contributed by atoms with Crippen LogP contribution in [0.4, 0.5) is 0 Å². The van der Waals surface area contributed by atoms with Crippen molar-refractivity contribution in [2.45, 2.75) is 12.5 Å². The third-order valence-electron chi connectivity index (χ3n) is 4.52. The molecule has 1 aliphatic heterocycles. The van der Waals surface area contributed by atoms with Gasteiger partial charge in [0.25, 0.3) is 0 Å². The summed E-state index contributed by atoms with van der Waals surface area (Å²) in [5.41, 5.74) is 2.79. The van der Waals surface area contributed by atoms with Crippen molar-refractivity contribution in [3.05, 3.63) is 85.7 Å². The molecule has 0 saturated carbocycles. The van der Waals surface area contributed by atoms with E-state index in [1.807, 2.05) is 29.2 Å². The molecule has 2 aromatic heterocycles. The van der Waals surface area contributed by atoms with Crippen LogP contribution in [0.1, 0.15) is 32.5 Å². The third kappa shape index (κ3) is 3.22. The fourth-order valence-electron chi connectivity index (χ4n) is 3.24. The first-order chi connectivity index (χ1) is 12.8. The van der Waals surface area contributed by atoms with Crippen molar-refractivity contribution in [2.75, 3.05) is 6.54 Å². The number of rotatable bonds is 3. The normalized spacial score (nSPS) is 16.4. The SMILES string of the molecule is N#Cc1ccc(C=CC(=O)N2CCc3sccc3C2c2cccs2)cc1. The molecule has 0 fully saturated rings. The molecular weight excluding hydrogens is 360 g/mol. The number of benzene rings is 1. The molecule has 3 heterocycles. The molecule has 3 aromatic rings. The molecule has 128 valence electrons. The third-order valence-corrected chi connectivity index (χ3v) is 6.44. The van der Waals surface area contributed by atoms with Gasteiger partial charge >= 0.3 is 0 Å². The van der Waals surface area contributed by atoms with Gasteiger partial charge in [0.1, 0.15) is 0 Å². The van der Waals surface area contributed by atoms with Gasteiger partial charge in [0, 0.05) is 22.4 Å². The molecule has 0 N–H and O–H groups in total. The number of nitrogens with zero attached hydrogens (tertiary/aromatic N) is 2. The zero-order valence-corrected chi connectivity index (χ0v) is 15.6. The van der Waals surface area contributed by atoms with E-state index in [2.05, 4.69) is 29.0 Å². The Morgan fingerprint density at radius 2 is 2.00 bits per heavy atom. The highest BCUT2D eigenvalue weighted by molar-refractivity contribution is 7.10. The second kappa shape index (κ2) is 7.28. The maximum Gasteiger partial charge on any atom is 0.247 e. The average Bonchev–Trinajstić information content (AvgIpc) is 3.37. The van der Waals surface area contributed by atoms with Gasteiger partial charge in [-0.3, -0.25) is 4.79 Å². The topological polar surface area (TPSA) is 44.1 Å². The van der Waals surface area contributed by atoms with E-state index in [-0.39, 0.29) is 11.9 Å². The largest absolute Gasteiger partial charge is 0.327 e. The lowest BCUT2D eigenvalue weighted by atomic mass is 9.98. The Morgan fingerprint density at radius 1 is 1.15 bits per heavy atom. The molecule has 0 saturated heterocycles. The number of hydrogen-bond donors (Lipinski definition) is 0. The first-order valence-corrected chi connectivity index (χ1v) is 10.1. The summed E-state index contributed by atoms with van der Waals surface area (Å²) in [7, 11) is 0. The number of carbonyl (C=O) groups is 1. The lowest BCUT2D eigenvalue weighted by molar-refractivity contribution is -0.127. The van der Waals surface area contributed by atoms with E-state index in [1.54, 1.807) is 40.9 Å². The van der Waals surface area contributed by atoms with Gasteiger partial charge in [0.05, 0.1) is 17.7 Å². The van der Waals surface area contributed by atoms with Gasteiger partial charge in [-0.15, -0.1) is 22.7 Å². The quantitative estimate of drug-likeness (QED) is 0.612. The molecular formula is C21H16N2OS2. The van der Waals surface area contributed by atoms with E-state index in [9.17, 15) is 4.79 Å². The smallest absolute Gasteiger partial charge is 0.247 e. The van der Waals surface area contributed by atoms with Crippen molar-refractivity contribution in [2.24, 2.45) is 0 Å². The van der Waals surface area contributed by atoms with E-state index in [0.29, 0.717) is 5.56 Å². The van der Waals surface area contributed by atoms with Crippen LogP contribution in [-0.4, -0.2) is 17.4 Å². The second-order valence-corrected chi connectivity index (χ2v) is 8.05. The maximum atomic E-state index is 12.9. The number of thiophene rings is 2. The zero-order valence-electron chi connectivity index (χ0n) is 14.0. The molecule has 1 aliphatic rings. The highest BCUT2D eigenvalue weighted by atomic mass is 32.1. The van der Waals surface area contributed by atoms with Gasteiger partial charge in [-0.05, 0) is 58.6 Å². The highest BCUT2D eigenvalue weighted by Crippen LogP contribution is 2.39. The van der Waals surface area contributed by atoms with Crippen LogP contribution >= 0.6 is 22.7 Å². The molecule has 0 spiro atoms. The molecule has 1 aromatic carbocycles. The van der Waals surface area contributed by atoms with Crippen LogP contribution in [0, 0.1) is 11.3 Å². The monoisotopic (exact) mass is 376 g/mol. The summed E-state index contributed by atoms with van der Waals surface area (Å²) in [5, 5.41) is 13.0. The lowest BCUT2D eigenvalue weighted by Gasteiger charge is -2.34. The minimum absolute atomic E-state index is 0.00288.